The Labute approximate surface area is 220 Å². The molecule has 3 heterocycles. The number of nitrogens with zero attached hydrogens (tertiary/aromatic N) is 2. The SMILES string of the molecule is CCOC(=O)C1=C(C)N=c2s/c(=C/c3cc4c(cc3Cl)OCO4)c(=O)n2[C@@H]1c1cccc2ccccc12. The van der Waals surface area contributed by atoms with Gasteiger partial charge in [-0.2, -0.15) is 0 Å². The van der Waals surface area contributed by atoms with Crippen LogP contribution in [0.3, 0.4) is 0 Å². The molecule has 4 aromatic rings. The Morgan fingerprint density at radius 1 is 1.19 bits per heavy atom. The summed E-state index contributed by atoms with van der Waals surface area (Å²) in [6.07, 6.45) is 1.72. The molecule has 0 bridgehead atoms. The van der Waals surface area contributed by atoms with E-state index >= 15 is 0 Å². The molecule has 6 rings (SSSR count). The predicted molar refractivity (Wildman–Crippen MR) is 142 cm³/mol. The molecule has 0 amide bonds. The first-order chi connectivity index (χ1) is 18.0. The topological polar surface area (TPSA) is 79.1 Å². The monoisotopic (exact) mass is 532 g/mol. The zero-order chi connectivity index (χ0) is 25.7. The second-order valence-corrected chi connectivity index (χ2v) is 10.0. The Bertz CT molecular complexity index is 1800. The van der Waals surface area contributed by atoms with E-state index in [2.05, 4.69) is 4.99 Å². The van der Waals surface area contributed by atoms with Crippen LogP contribution >= 0.6 is 22.9 Å². The van der Waals surface area contributed by atoms with Crippen LogP contribution in [0.1, 0.15) is 31.0 Å². The number of carbonyl (C=O) groups is 1. The Kier molecular flexibility index (Phi) is 5.85. The number of halogens is 1. The molecule has 1 atom stereocenters. The molecule has 0 N–H and O–H groups in total. The van der Waals surface area contributed by atoms with Gasteiger partial charge in [0, 0.05) is 6.07 Å². The Morgan fingerprint density at radius 3 is 2.76 bits per heavy atom. The number of aromatic nitrogens is 1. The molecule has 0 unspecified atom stereocenters. The maximum atomic E-state index is 13.9. The molecule has 9 heteroatoms. The number of rotatable bonds is 4. The predicted octanol–water partition coefficient (Wildman–Crippen LogP) is 4.33. The highest BCUT2D eigenvalue weighted by Gasteiger charge is 2.34. The molecule has 0 radical (unpaired) electrons. The van der Waals surface area contributed by atoms with Gasteiger partial charge in [-0.25, -0.2) is 9.79 Å². The zero-order valence-electron chi connectivity index (χ0n) is 20.0. The van der Waals surface area contributed by atoms with Crippen molar-refractivity contribution in [1.29, 1.82) is 0 Å². The lowest BCUT2D eigenvalue weighted by molar-refractivity contribution is -0.139. The summed E-state index contributed by atoms with van der Waals surface area (Å²) in [5.74, 6) is 0.640. The molecule has 186 valence electrons. The third-order valence-corrected chi connectivity index (χ3v) is 7.72. The van der Waals surface area contributed by atoms with Crippen molar-refractivity contribution in [2.24, 2.45) is 4.99 Å². The van der Waals surface area contributed by atoms with Crippen LogP contribution in [0.25, 0.3) is 16.8 Å². The van der Waals surface area contributed by atoms with E-state index in [0.29, 0.717) is 42.7 Å². The fourth-order valence-electron chi connectivity index (χ4n) is 4.76. The highest BCUT2D eigenvalue weighted by Crippen LogP contribution is 2.37. The molecule has 7 nitrogen and oxygen atoms in total. The van der Waals surface area contributed by atoms with E-state index in [-0.39, 0.29) is 19.0 Å². The second kappa shape index (κ2) is 9.21. The summed E-state index contributed by atoms with van der Waals surface area (Å²) >= 11 is 7.73. The first-order valence-electron chi connectivity index (χ1n) is 11.7. The smallest absolute Gasteiger partial charge is 0.338 e. The van der Waals surface area contributed by atoms with Crippen molar-refractivity contribution in [3.63, 3.8) is 0 Å². The number of hydrogen-bond acceptors (Lipinski definition) is 7. The fourth-order valence-corrected chi connectivity index (χ4v) is 6.01. The van der Waals surface area contributed by atoms with Crippen LogP contribution in [-0.4, -0.2) is 23.9 Å². The molecular formula is C28H21ClN2O5S. The number of fused-ring (bicyclic) bond motifs is 3. The van der Waals surface area contributed by atoms with E-state index in [9.17, 15) is 9.59 Å². The molecule has 0 aliphatic carbocycles. The van der Waals surface area contributed by atoms with Gasteiger partial charge in [-0.3, -0.25) is 9.36 Å². The molecule has 0 spiro atoms. The van der Waals surface area contributed by atoms with Crippen molar-refractivity contribution in [2.45, 2.75) is 19.9 Å². The number of benzene rings is 3. The van der Waals surface area contributed by atoms with E-state index in [1.54, 1.807) is 36.6 Å². The maximum Gasteiger partial charge on any atom is 0.338 e. The van der Waals surface area contributed by atoms with Crippen molar-refractivity contribution in [3.8, 4) is 11.5 Å². The molecular weight excluding hydrogens is 512 g/mol. The highest BCUT2D eigenvalue weighted by molar-refractivity contribution is 7.07. The zero-order valence-corrected chi connectivity index (χ0v) is 21.6. The number of ether oxygens (including phenoxy) is 3. The van der Waals surface area contributed by atoms with Gasteiger partial charge in [-0.1, -0.05) is 65.4 Å². The quantitative estimate of drug-likeness (QED) is 0.365. The average Bonchev–Trinajstić information content (AvgIpc) is 3.46. The molecule has 0 saturated carbocycles. The first kappa shape index (κ1) is 23.5. The van der Waals surface area contributed by atoms with Crippen LogP contribution in [-0.2, 0) is 9.53 Å². The van der Waals surface area contributed by atoms with Crippen molar-refractivity contribution in [1.82, 2.24) is 4.57 Å². The summed E-state index contributed by atoms with van der Waals surface area (Å²) in [6, 6.07) is 16.5. The highest BCUT2D eigenvalue weighted by atomic mass is 35.5. The second-order valence-electron chi connectivity index (χ2n) is 8.60. The molecule has 2 aliphatic rings. The lowest BCUT2D eigenvalue weighted by Gasteiger charge is -2.25. The van der Waals surface area contributed by atoms with Gasteiger partial charge in [-0.15, -0.1) is 0 Å². The largest absolute Gasteiger partial charge is 0.463 e. The van der Waals surface area contributed by atoms with Crippen molar-refractivity contribution in [2.75, 3.05) is 13.4 Å². The van der Waals surface area contributed by atoms with Crippen LogP contribution in [0.15, 0.2) is 75.7 Å². The molecule has 3 aromatic carbocycles. The fraction of sp³-hybridized carbons (Fsp3) is 0.179. The minimum atomic E-state index is -0.698. The molecule has 0 fully saturated rings. The van der Waals surface area contributed by atoms with Crippen LogP contribution in [0, 0.1) is 0 Å². The van der Waals surface area contributed by atoms with Gasteiger partial charge in [0.2, 0.25) is 6.79 Å². The van der Waals surface area contributed by atoms with Crippen LogP contribution in [0.2, 0.25) is 5.02 Å². The van der Waals surface area contributed by atoms with Crippen molar-refractivity contribution in [3.05, 3.63) is 102 Å². The summed E-state index contributed by atoms with van der Waals surface area (Å²) in [4.78, 5) is 32.3. The van der Waals surface area contributed by atoms with Gasteiger partial charge in [0.05, 0.1) is 33.5 Å². The molecule has 0 saturated heterocycles. The van der Waals surface area contributed by atoms with E-state index < -0.39 is 12.0 Å². The molecule has 37 heavy (non-hydrogen) atoms. The molecule has 2 aliphatic heterocycles. The molecule has 1 aromatic heterocycles. The van der Waals surface area contributed by atoms with E-state index in [1.165, 1.54) is 11.3 Å². The minimum Gasteiger partial charge on any atom is -0.463 e. The number of allylic oxidation sites excluding steroid dienone is 1. The van der Waals surface area contributed by atoms with Gasteiger partial charge in [0.1, 0.15) is 0 Å². The van der Waals surface area contributed by atoms with Crippen LogP contribution in [0.5, 0.6) is 11.5 Å². The number of carbonyl (C=O) groups excluding carboxylic acids is 1. The Morgan fingerprint density at radius 2 is 1.95 bits per heavy atom. The third kappa shape index (κ3) is 3.93. The summed E-state index contributed by atoms with van der Waals surface area (Å²) in [6.45, 7) is 3.87. The van der Waals surface area contributed by atoms with Gasteiger partial charge in [0.15, 0.2) is 16.3 Å². The normalized spacial score (nSPS) is 16.6. The lowest BCUT2D eigenvalue weighted by atomic mass is 9.91. The van der Waals surface area contributed by atoms with E-state index in [4.69, 9.17) is 25.8 Å². The summed E-state index contributed by atoms with van der Waals surface area (Å²) in [5.41, 5.74) is 2.04. The number of esters is 1. The summed E-state index contributed by atoms with van der Waals surface area (Å²) in [5, 5.41) is 2.39. The van der Waals surface area contributed by atoms with Crippen LogP contribution in [0.4, 0.5) is 0 Å². The van der Waals surface area contributed by atoms with Gasteiger partial charge in [0.25, 0.3) is 5.56 Å². The third-order valence-electron chi connectivity index (χ3n) is 6.41. The number of hydrogen-bond donors (Lipinski definition) is 0. The van der Waals surface area contributed by atoms with Gasteiger partial charge >= 0.3 is 5.97 Å². The van der Waals surface area contributed by atoms with Crippen LogP contribution < -0.4 is 24.4 Å². The summed E-state index contributed by atoms with van der Waals surface area (Å²) in [7, 11) is 0. The first-order valence-corrected chi connectivity index (χ1v) is 12.9. The summed E-state index contributed by atoms with van der Waals surface area (Å²) < 4.78 is 18.3. The van der Waals surface area contributed by atoms with Gasteiger partial charge in [-0.05, 0) is 47.9 Å². The number of thiazole rings is 1. The average molecular weight is 533 g/mol. The maximum absolute atomic E-state index is 13.9. The Hall–Kier alpha value is -3.88. The van der Waals surface area contributed by atoms with Crippen molar-refractivity contribution < 1.29 is 19.0 Å². The lowest BCUT2D eigenvalue weighted by Crippen LogP contribution is -2.40. The Balaban J connectivity index is 1.60. The van der Waals surface area contributed by atoms with E-state index in [1.807, 2.05) is 42.5 Å². The van der Waals surface area contributed by atoms with Gasteiger partial charge < -0.3 is 14.2 Å². The minimum absolute atomic E-state index is 0.123. The van der Waals surface area contributed by atoms with Crippen molar-refractivity contribution >= 4 is 45.8 Å². The van der Waals surface area contributed by atoms with E-state index in [0.717, 1.165) is 16.3 Å². The standard InChI is InChI=1S/C28H21ClN2O5S/c1-3-34-27(33)24-15(2)30-28-31(25(24)19-10-6-8-16-7-4-5-9-18(16)19)26(32)23(37-28)12-17-11-21-22(13-20(17)29)36-14-35-21/h4-13,25H,3,14H2,1-2H3/b23-12+/t25-/m1/s1.